The molecule has 1 saturated carbocycles. The molecule has 0 amide bonds. The van der Waals surface area contributed by atoms with Gasteiger partial charge in [0.2, 0.25) is 0 Å². The zero-order chi connectivity index (χ0) is 12.3. The quantitative estimate of drug-likeness (QED) is 0.847. The number of anilines is 1. The molecule has 0 bridgehead atoms. The molecular weight excluding hydrogens is 322 g/mol. The molecule has 1 aromatic heterocycles. The van der Waals surface area contributed by atoms with Crippen LogP contribution in [-0.2, 0) is 0 Å². The van der Waals surface area contributed by atoms with Gasteiger partial charge < -0.3 is 5.32 Å². The van der Waals surface area contributed by atoms with Crippen molar-refractivity contribution in [1.29, 1.82) is 0 Å². The molecule has 2 rings (SSSR count). The highest BCUT2D eigenvalue weighted by Crippen LogP contribution is 2.31. The lowest BCUT2D eigenvalue weighted by molar-refractivity contribution is 0.472. The van der Waals surface area contributed by atoms with Crippen molar-refractivity contribution in [3.05, 3.63) is 16.0 Å². The fourth-order valence-corrected chi connectivity index (χ4v) is 3.28. The highest BCUT2D eigenvalue weighted by atomic mass is 79.9. The number of hydrogen-bond acceptors (Lipinski definition) is 4. The van der Waals surface area contributed by atoms with Gasteiger partial charge in [-0.25, -0.2) is 9.97 Å². The summed E-state index contributed by atoms with van der Waals surface area (Å²) in [6.07, 6.45) is 8.62. The Kier molecular flexibility index (Phi) is 4.94. The van der Waals surface area contributed by atoms with E-state index in [9.17, 15) is 0 Å². The van der Waals surface area contributed by atoms with Gasteiger partial charge >= 0.3 is 0 Å². The van der Waals surface area contributed by atoms with E-state index in [1.54, 1.807) is 0 Å². The number of thioether (sulfide) groups is 1. The average molecular weight is 337 g/mol. The molecule has 1 aromatic rings. The van der Waals surface area contributed by atoms with Gasteiger partial charge in [-0.15, -0.1) is 0 Å². The first-order chi connectivity index (χ1) is 8.20. The molecular formula is C11H15BrClN3S. The van der Waals surface area contributed by atoms with E-state index in [2.05, 4.69) is 37.5 Å². The summed E-state index contributed by atoms with van der Waals surface area (Å²) in [7, 11) is 0. The largest absolute Gasteiger partial charge is 0.366 e. The maximum absolute atomic E-state index is 5.94. The van der Waals surface area contributed by atoms with Crippen molar-refractivity contribution < 1.29 is 0 Å². The van der Waals surface area contributed by atoms with Gasteiger partial charge in [-0.2, -0.15) is 11.8 Å². The molecule has 0 radical (unpaired) electrons. The first kappa shape index (κ1) is 13.4. The Morgan fingerprint density at radius 1 is 1.35 bits per heavy atom. The lowest BCUT2D eigenvalue weighted by atomic mass is 9.95. The van der Waals surface area contributed by atoms with Crippen LogP contribution in [0.5, 0.6) is 0 Å². The second-order valence-electron chi connectivity index (χ2n) is 4.18. The van der Waals surface area contributed by atoms with E-state index in [-0.39, 0.29) is 0 Å². The maximum Gasteiger partial charge on any atom is 0.148 e. The van der Waals surface area contributed by atoms with Crippen molar-refractivity contribution in [2.24, 2.45) is 0 Å². The van der Waals surface area contributed by atoms with Crippen LogP contribution in [0.15, 0.2) is 10.8 Å². The summed E-state index contributed by atoms with van der Waals surface area (Å²) in [6, 6.07) is 0.501. The average Bonchev–Trinajstić information content (AvgIpc) is 2.36. The number of rotatable bonds is 3. The van der Waals surface area contributed by atoms with Crippen LogP contribution in [0.1, 0.15) is 25.7 Å². The fourth-order valence-electron chi connectivity index (χ4n) is 2.09. The van der Waals surface area contributed by atoms with E-state index in [0.717, 1.165) is 15.5 Å². The van der Waals surface area contributed by atoms with Gasteiger partial charge in [-0.3, -0.25) is 0 Å². The third kappa shape index (κ3) is 3.48. The van der Waals surface area contributed by atoms with Gasteiger partial charge in [0.05, 0.1) is 4.47 Å². The Labute approximate surface area is 119 Å². The smallest absolute Gasteiger partial charge is 0.148 e. The second kappa shape index (κ2) is 6.25. The minimum absolute atomic E-state index is 0.459. The summed E-state index contributed by atoms with van der Waals surface area (Å²) in [5.41, 5.74) is 0. The Morgan fingerprint density at radius 3 is 2.71 bits per heavy atom. The van der Waals surface area contributed by atoms with Gasteiger partial charge in [-0.1, -0.05) is 11.6 Å². The standard InChI is InChI=1S/C11H15BrClN3S/c1-17-8-4-2-7(3-5-8)16-11-9(12)10(13)14-6-15-11/h6-8H,2-5H2,1H3,(H,14,15,16). The highest BCUT2D eigenvalue weighted by molar-refractivity contribution is 9.10. The van der Waals surface area contributed by atoms with Gasteiger partial charge in [0, 0.05) is 11.3 Å². The third-order valence-corrected chi connectivity index (χ3v) is 5.50. The molecule has 1 aliphatic carbocycles. The normalized spacial score (nSPS) is 24.6. The van der Waals surface area contributed by atoms with Crippen molar-refractivity contribution in [3.63, 3.8) is 0 Å². The molecule has 0 aliphatic heterocycles. The number of aromatic nitrogens is 2. The van der Waals surface area contributed by atoms with Crippen LogP contribution in [-0.4, -0.2) is 27.5 Å². The zero-order valence-corrected chi connectivity index (χ0v) is 12.8. The Bertz CT molecular complexity index is 383. The van der Waals surface area contributed by atoms with Crippen LogP contribution in [0.4, 0.5) is 5.82 Å². The molecule has 0 saturated heterocycles. The molecule has 1 heterocycles. The summed E-state index contributed by atoms with van der Waals surface area (Å²) < 4.78 is 0.758. The Balaban J connectivity index is 1.95. The second-order valence-corrected chi connectivity index (χ2v) is 6.47. The van der Waals surface area contributed by atoms with Crippen molar-refractivity contribution in [2.45, 2.75) is 37.0 Å². The minimum Gasteiger partial charge on any atom is -0.366 e. The molecule has 0 atom stereocenters. The SMILES string of the molecule is CSC1CCC(Nc2ncnc(Cl)c2Br)CC1. The van der Waals surface area contributed by atoms with Crippen molar-refractivity contribution >= 4 is 45.1 Å². The topological polar surface area (TPSA) is 37.8 Å². The predicted molar refractivity (Wildman–Crippen MR) is 77.9 cm³/mol. The first-order valence-corrected chi connectivity index (χ1v) is 8.12. The van der Waals surface area contributed by atoms with Gasteiger partial charge in [0.15, 0.2) is 0 Å². The molecule has 0 spiro atoms. The van der Waals surface area contributed by atoms with Crippen LogP contribution in [0.2, 0.25) is 5.15 Å². The monoisotopic (exact) mass is 335 g/mol. The highest BCUT2D eigenvalue weighted by Gasteiger charge is 2.21. The zero-order valence-electron chi connectivity index (χ0n) is 9.62. The number of nitrogens with one attached hydrogen (secondary N) is 1. The van der Waals surface area contributed by atoms with E-state index < -0.39 is 0 Å². The summed E-state index contributed by atoms with van der Waals surface area (Å²) in [4.78, 5) is 8.14. The summed E-state index contributed by atoms with van der Waals surface area (Å²) >= 11 is 11.3. The molecule has 1 N–H and O–H groups in total. The van der Waals surface area contributed by atoms with E-state index >= 15 is 0 Å². The molecule has 6 heteroatoms. The van der Waals surface area contributed by atoms with Crippen molar-refractivity contribution in [3.8, 4) is 0 Å². The molecule has 1 aliphatic rings. The van der Waals surface area contributed by atoms with Crippen LogP contribution < -0.4 is 5.32 Å². The lowest BCUT2D eigenvalue weighted by Gasteiger charge is -2.28. The predicted octanol–water partition coefficient (Wildman–Crippen LogP) is 3.98. The molecule has 3 nitrogen and oxygen atoms in total. The maximum atomic E-state index is 5.94. The molecule has 0 aromatic carbocycles. The lowest BCUT2D eigenvalue weighted by Crippen LogP contribution is -2.27. The summed E-state index contributed by atoms with van der Waals surface area (Å²) in [6.45, 7) is 0. The van der Waals surface area contributed by atoms with E-state index in [1.807, 2.05) is 11.8 Å². The first-order valence-electron chi connectivity index (χ1n) is 5.66. The molecule has 94 valence electrons. The minimum atomic E-state index is 0.459. The van der Waals surface area contributed by atoms with E-state index in [0.29, 0.717) is 11.2 Å². The summed E-state index contributed by atoms with van der Waals surface area (Å²) in [5.74, 6) is 0.803. The van der Waals surface area contributed by atoms with Gasteiger partial charge in [-0.05, 0) is 47.9 Å². The van der Waals surface area contributed by atoms with Crippen molar-refractivity contribution in [1.82, 2.24) is 9.97 Å². The van der Waals surface area contributed by atoms with Crippen molar-refractivity contribution in [2.75, 3.05) is 11.6 Å². The molecule has 1 fully saturated rings. The molecule has 0 unspecified atom stereocenters. The van der Waals surface area contributed by atoms with E-state index in [1.165, 1.54) is 32.0 Å². The van der Waals surface area contributed by atoms with Crippen LogP contribution in [0.25, 0.3) is 0 Å². The van der Waals surface area contributed by atoms with Gasteiger partial charge in [0.1, 0.15) is 17.3 Å². The fraction of sp³-hybridized carbons (Fsp3) is 0.636. The van der Waals surface area contributed by atoms with Crippen LogP contribution in [0, 0.1) is 0 Å². The molecule has 17 heavy (non-hydrogen) atoms. The van der Waals surface area contributed by atoms with Gasteiger partial charge in [0.25, 0.3) is 0 Å². The number of halogens is 2. The number of nitrogens with zero attached hydrogens (tertiary/aromatic N) is 2. The Hall–Kier alpha value is -0.0000000000000000555. The third-order valence-electron chi connectivity index (χ3n) is 3.10. The van der Waals surface area contributed by atoms with Crippen LogP contribution in [0.3, 0.4) is 0 Å². The van der Waals surface area contributed by atoms with E-state index in [4.69, 9.17) is 11.6 Å². The number of hydrogen-bond donors (Lipinski definition) is 1. The Morgan fingerprint density at radius 2 is 2.06 bits per heavy atom. The summed E-state index contributed by atoms with van der Waals surface area (Å²) in [5, 5.41) is 4.73. The van der Waals surface area contributed by atoms with Crippen LogP contribution >= 0.6 is 39.3 Å².